The highest BCUT2D eigenvalue weighted by Gasteiger charge is 2.18. The van der Waals surface area contributed by atoms with Gasteiger partial charge >= 0.3 is 0 Å². The molecule has 0 N–H and O–H groups in total. The minimum Gasteiger partial charge on any atom is -0.369 e. The van der Waals surface area contributed by atoms with Gasteiger partial charge in [-0.3, -0.25) is 4.79 Å². The monoisotopic (exact) mass is 276 g/mol. The van der Waals surface area contributed by atoms with Gasteiger partial charge < -0.3 is 4.74 Å². The van der Waals surface area contributed by atoms with Gasteiger partial charge in [0.25, 0.3) is 0 Å². The van der Waals surface area contributed by atoms with Crippen molar-refractivity contribution in [2.75, 3.05) is 7.11 Å². The largest absolute Gasteiger partial charge is 0.369 e. The average molecular weight is 276 g/mol. The van der Waals surface area contributed by atoms with E-state index in [4.69, 9.17) is 4.74 Å². The Morgan fingerprint density at radius 2 is 1.60 bits per heavy atom. The molecule has 1 aromatic carbocycles. The predicted molar refractivity (Wildman–Crippen MR) is 83.8 cm³/mol. The van der Waals surface area contributed by atoms with E-state index in [0.29, 0.717) is 6.42 Å². The summed E-state index contributed by atoms with van der Waals surface area (Å²) in [6.45, 7) is 2.23. The first kappa shape index (κ1) is 16.9. The van der Waals surface area contributed by atoms with Gasteiger partial charge in [-0.05, 0) is 12.0 Å². The zero-order chi connectivity index (χ0) is 14.6. The minimum absolute atomic E-state index is 0.201. The van der Waals surface area contributed by atoms with Crippen LogP contribution < -0.4 is 0 Å². The van der Waals surface area contributed by atoms with Gasteiger partial charge in [0.2, 0.25) is 0 Å². The second kappa shape index (κ2) is 10.6. The standard InChI is InChI=1S/C18H28O2/c1-3-4-5-6-7-8-12-15-17(19)18(20-2)16-13-10-9-11-14-16/h9-11,13-14,18H,3-8,12,15H2,1-2H3. The number of methoxy groups -OCH3 is 1. The van der Waals surface area contributed by atoms with Crippen molar-refractivity contribution in [2.45, 2.75) is 64.4 Å². The van der Waals surface area contributed by atoms with Crippen molar-refractivity contribution in [3.8, 4) is 0 Å². The summed E-state index contributed by atoms with van der Waals surface area (Å²) >= 11 is 0. The third-order valence-corrected chi connectivity index (χ3v) is 3.66. The van der Waals surface area contributed by atoms with Crippen molar-refractivity contribution in [3.63, 3.8) is 0 Å². The molecule has 0 aromatic heterocycles. The maximum atomic E-state index is 12.2. The molecule has 0 radical (unpaired) electrons. The van der Waals surface area contributed by atoms with Crippen LogP contribution in [0.15, 0.2) is 30.3 Å². The molecule has 0 spiro atoms. The summed E-state index contributed by atoms with van der Waals surface area (Å²) in [5.41, 5.74) is 0.961. The molecule has 0 amide bonds. The Bertz CT molecular complexity index is 359. The highest BCUT2D eigenvalue weighted by Crippen LogP contribution is 2.20. The third kappa shape index (κ3) is 6.33. The fourth-order valence-corrected chi connectivity index (χ4v) is 2.47. The molecule has 0 saturated heterocycles. The van der Waals surface area contributed by atoms with E-state index in [1.54, 1.807) is 7.11 Å². The number of unbranched alkanes of at least 4 members (excludes halogenated alkanes) is 6. The van der Waals surface area contributed by atoms with Crippen LogP contribution in [0.5, 0.6) is 0 Å². The highest BCUT2D eigenvalue weighted by molar-refractivity contribution is 5.84. The Morgan fingerprint density at radius 1 is 1.00 bits per heavy atom. The lowest BCUT2D eigenvalue weighted by molar-refractivity contribution is -0.129. The first-order valence-corrected chi connectivity index (χ1v) is 7.90. The number of rotatable bonds is 11. The van der Waals surface area contributed by atoms with Crippen LogP contribution in [-0.2, 0) is 9.53 Å². The second-order valence-corrected chi connectivity index (χ2v) is 5.36. The van der Waals surface area contributed by atoms with Crippen molar-refractivity contribution in [1.29, 1.82) is 0 Å². The molecule has 1 atom stereocenters. The zero-order valence-electron chi connectivity index (χ0n) is 12.9. The van der Waals surface area contributed by atoms with Crippen LogP contribution in [0.3, 0.4) is 0 Å². The number of hydrogen-bond acceptors (Lipinski definition) is 2. The summed E-state index contributed by atoms with van der Waals surface area (Å²) < 4.78 is 5.36. The third-order valence-electron chi connectivity index (χ3n) is 3.66. The SMILES string of the molecule is CCCCCCCCCC(=O)C(OC)c1ccccc1. The Morgan fingerprint density at radius 3 is 2.20 bits per heavy atom. The van der Waals surface area contributed by atoms with Crippen LogP contribution in [0.1, 0.15) is 70.0 Å². The van der Waals surface area contributed by atoms with E-state index in [-0.39, 0.29) is 5.78 Å². The van der Waals surface area contributed by atoms with Gasteiger partial charge in [-0.1, -0.05) is 75.8 Å². The van der Waals surface area contributed by atoms with Gasteiger partial charge in [-0.25, -0.2) is 0 Å². The summed E-state index contributed by atoms with van der Waals surface area (Å²) in [6.07, 6.45) is 8.86. The molecule has 0 aliphatic rings. The lowest BCUT2D eigenvalue weighted by Crippen LogP contribution is -2.14. The quantitative estimate of drug-likeness (QED) is 0.527. The predicted octanol–water partition coefficient (Wildman–Crippen LogP) is 5.08. The lowest BCUT2D eigenvalue weighted by Gasteiger charge is -2.14. The van der Waals surface area contributed by atoms with Crippen LogP contribution >= 0.6 is 0 Å². The molecular formula is C18H28O2. The van der Waals surface area contributed by atoms with Crippen LogP contribution in [0.2, 0.25) is 0 Å². The van der Waals surface area contributed by atoms with Crippen molar-refractivity contribution < 1.29 is 9.53 Å². The molecule has 0 heterocycles. The molecule has 1 aromatic rings. The molecular weight excluding hydrogens is 248 g/mol. The summed E-state index contributed by atoms with van der Waals surface area (Å²) in [4.78, 5) is 12.2. The molecule has 0 saturated carbocycles. The molecule has 112 valence electrons. The summed E-state index contributed by atoms with van der Waals surface area (Å²) in [7, 11) is 1.61. The van der Waals surface area contributed by atoms with E-state index in [2.05, 4.69) is 6.92 Å². The lowest BCUT2D eigenvalue weighted by atomic mass is 10.0. The molecule has 0 aliphatic carbocycles. The molecule has 0 fully saturated rings. The molecule has 20 heavy (non-hydrogen) atoms. The zero-order valence-corrected chi connectivity index (χ0v) is 12.9. The second-order valence-electron chi connectivity index (χ2n) is 5.36. The Hall–Kier alpha value is -1.15. The van der Waals surface area contributed by atoms with Crippen LogP contribution in [0.25, 0.3) is 0 Å². The molecule has 1 unspecified atom stereocenters. The number of ether oxygens (including phenoxy) is 1. The van der Waals surface area contributed by atoms with Crippen molar-refractivity contribution >= 4 is 5.78 Å². The van der Waals surface area contributed by atoms with Crippen LogP contribution in [-0.4, -0.2) is 12.9 Å². The Balaban J connectivity index is 2.24. The van der Waals surface area contributed by atoms with E-state index >= 15 is 0 Å². The topological polar surface area (TPSA) is 26.3 Å². The van der Waals surface area contributed by atoms with Gasteiger partial charge in [-0.2, -0.15) is 0 Å². The van der Waals surface area contributed by atoms with E-state index in [9.17, 15) is 4.79 Å². The smallest absolute Gasteiger partial charge is 0.166 e. The number of Topliss-reactive ketones (excluding diaryl/α,β-unsaturated/α-hetero) is 1. The molecule has 2 nitrogen and oxygen atoms in total. The number of ketones is 1. The summed E-state index contributed by atoms with van der Waals surface area (Å²) in [6, 6.07) is 9.76. The van der Waals surface area contributed by atoms with Crippen molar-refractivity contribution in [3.05, 3.63) is 35.9 Å². The number of benzene rings is 1. The first-order valence-electron chi connectivity index (χ1n) is 7.90. The fourth-order valence-electron chi connectivity index (χ4n) is 2.47. The maximum Gasteiger partial charge on any atom is 0.166 e. The highest BCUT2D eigenvalue weighted by atomic mass is 16.5. The number of carbonyl (C=O) groups is 1. The maximum absolute atomic E-state index is 12.2. The average Bonchev–Trinajstić information content (AvgIpc) is 2.48. The Kier molecular flexibility index (Phi) is 8.97. The normalized spacial score (nSPS) is 12.3. The molecule has 2 heteroatoms. The number of hydrogen-bond donors (Lipinski definition) is 0. The minimum atomic E-state index is -0.392. The van der Waals surface area contributed by atoms with Crippen molar-refractivity contribution in [1.82, 2.24) is 0 Å². The molecule has 1 rings (SSSR count). The summed E-state index contributed by atoms with van der Waals surface area (Å²) in [5, 5.41) is 0. The fraction of sp³-hybridized carbons (Fsp3) is 0.611. The van der Waals surface area contributed by atoms with Crippen LogP contribution in [0, 0.1) is 0 Å². The molecule has 0 aliphatic heterocycles. The van der Waals surface area contributed by atoms with E-state index in [1.807, 2.05) is 30.3 Å². The summed E-state index contributed by atoms with van der Waals surface area (Å²) in [5.74, 6) is 0.201. The van der Waals surface area contributed by atoms with Gasteiger partial charge in [-0.15, -0.1) is 0 Å². The van der Waals surface area contributed by atoms with Gasteiger partial charge in [0, 0.05) is 13.5 Å². The van der Waals surface area contributed by atoms with Gasteiger partial charge in [0.1, 0.15) is 6.10 Å². The van der Waals surface area contributed by atoms with E-state index in [0.717, 1.165) is 18.4 Å². The number of carbonyl (C=O) groups excluding carboxylic acids is 1. The van der Waals surface area contributed by atoms with Gasteiger partial charge in [0.05, 0.1) is 0 Å². The first-order chi connectivity index (χ1) is 9.79. The van der Waals surface area contributed by atoms with Crippen LogP contribution in [0.4, 0.5) is 0 Å². The van der Waals surface area contributed by atoms with Gasteiger partial charge in [0.15, 0.2) is 5.78 Å². The van der Waals surface area contributed by atoms with E-state index in [1.165, 1.54) is 32.1 Å². The molecule has 0 bridgehead atoms. The Labute approximate surface area is 123 Å². The van der Waals surface area contributed by atoms with Crippen molar-refractivity contribution in [2.24, 2.45) is 0 Å². The van der Waals surface area contributed by atoms with E-state index < -0.39 is 6.10 Å².